The zero-order valence-electron chi connectivity index (χ0n) is 6.96. The second-order valence-corrected chi connectivity index (χ2v) is 1.63. The molecule has 0 aliphatic heterocycles. The van der Waals surface area contributed by atoms with Gasteiger partial charge in [-0.25, -0.2) is 0 Å². The first kappa shape index (κ1) is 18.0. The molecule has 0 saturated carbocycles. The van der Waals surface area contributed by atoms with Crippen LogP contribution in [0.3, 0.4) is 0 Å². The van der Waals surface area contributed by atoms with Gasteiger partial charge in [-0.3, -0.25) is 4.79 Å². The Kier molecular flexibility index (Phi) is 28.2. The summed E-state index contributed by atoms with van der Waals surface area (Å²) in [5.41, 5.74) is 0. The van der Waals surface area contributed by atoms with E-state index in [1.165, 1.54) is 0 Å². The van der Waals surface area contributed by atoms with E-state index in [0.29, 0.717) is 0 Å². The van der Waals surface area contributed by atoms with Crippen LogP contribution in [0.1, 0.15) is 6.92 Å². The molecule has 5 heteroatoms. The number of hydrogen-bond donors (Lipinski definition) is 0. The molecule has 3 nitrogen and oxygen atoms in total. The molecule has 11 heavy (non-hydrogen) atoms. The standard InChI is InChI=1S/C3H3ClO2.C3H8O.K/c4-3(1-5)2-6;1-3-4-2;/h1-2,5H;3H2,1-2H3;/q;;+1/p-1/b3-1+;;. The quantitative estimate of drug-likeness (QED) is 0.213. The largest absolute Gasteiger partial charge is 1.00 e. The first-order valence-corrected chi connectivity index (χ1v) is 3.02. The topological polar surface area (TPSA) is 49.4 Å². The Labute approximate surface area is 114 Å². The molecule has 0 saturated heterocycles. The van der Waals surface area contributed by atoms with Crippen LogP contribution >= 0.6 is 11.6 Å². The Morgan fingerprint density at radius 3 is 2.09 bits per heavy atom. The van der Waals surface area contributed by atoms with E-state index in [0.717, 1.165) is 6.61 Å². The molecule has 0 fully saturated rings. The molecule has 0 aromatic carbocycles. The third-order valence-corrected chi connectivity index (χ3v) is 0.692. The Morgan fingerprint density at radius 1 is 1.73 bits per heavy atom. The summed E-state index contributed by atoms with van der Waals surface area (Å²) in [5.74, 6) is 0. The van der Waals surface area contributed by atoms with Gasteiger partial charge in [-0.15, -0.1) is 6.26 Å². The minimum Gasteiger partial charge on any atom is -0.877 e. The molecule has 0 aromatic rings. The van der Waals surface area contributed by atoms with Crippen LogP contribution in [0.4, 0.5) is 0 Å². The van der Waals surface area contributed by atoms with Gasteiger partial charge in [-0.05, 0) is 6.92 Å². The van der Waals surface area contributed by atoms with E-state index in [-0.39, 0.29) is 69.0 Å². The van der Waals surface area contributed by atoms with Crippen LogP contribution < -0.4 is 56.5 Å². The summed E-state index contributed by atoms with van der Waals surface area (Å²) in [6.07, 6.45) is 0.573. The van der Waals surface area contributed by atoms with Crippen LogP contribution in [-0.4, -0.2) is 20.0 Å². The van der Waals surface area contributed by atoms with Crippen molar-refractivity contribution < 1.29 is 66.0 Å². The predicted molar refractivity (Wildman–Crippen MR) is 37.6 cm³/mol. The number of allylic oxidation sites excluding steroid dienone is 1. The molecule has 0 unspecified atom stereocenters. The molecule has 0 N–H and O–H groups in total. The molecular weight excluding hydrogens is 195 g/mol. The number of hydrogen-bond acceptors (Lipinski definition) is 3. The number of methoxy groups -OCH3 is 1. The fourth-order valence-electron chi connectivity index (χ4n) is 0.0278. The van der Waals surface area contributed by atoms with E-state index in [2.05, 4.69) is 4.74 Å². The van der Waals surface area contributed by atoms with Gasteiger partial charge in [0.25, 0.3) is 0 Å². The molecule has 0 rings (SSSR count). The van der Waals surface area contributed by atoms with Crippen molar-refractivity contribution in [2.45, 2.75) is 6.92 Å². The van der Waals surface area contributed by atoms with Gasteiger partial charge >= 0.3 is 51.4 Å². The van der Waals surface area contributed by atoms with Crippen molar-refractivity contribution in [1.82, 2.24) is 0 Å². The van der Waals surface area contributed by atoms with Crippen LogP contribution in [0.5, 0.6) is 0 Å². The number of halogens is 1. The second kappa shape index (κ2) is 17.3. The molecular formula is C6H10ClKO3. The summed E-state index contributed by atoms with van der Waals surface area (Å²) in [7, 11) is 1.68. The van der Waals surface area contributed by atoms with Crippen molar-refractivity contribution in [3.05, 3.63) is 11.3 Å². The zero-order valence-corrected chi connectivity index (χ0v) is 10.8. The van der Waals surface area contributed by atoms with Gasteiger partial charge in [-0.1, -0.05) is 11.6 Å². The first-order valence-electron chi connectivity index (χ1n) is 2.64. The van der Waals surface area contributed by atoms with Crippen LogP contribution in [-0.2, 0) is 9.53 Å². The number of carbonyl (C=O) groups excluding carboxylic acids is 1. The fraction of sp³-hybridized carbons (Fsp3) is 0.500. The van der Waals surface area contributed by atoms with Gasteiger partial charge in [0.2, 0.25) is 0 Å². The van der Waals surface area contributed by atoms with Crippen LogP contribution in [0, 0.1) is 0 Å². The summed E-state index contributed by atoms with van der Waals surface area (Å²) in [5, 5.41) is 9.04. The summed E-state index contributed by atoms with van der Waals surface area (Å²) >= 11 is 4.83. The maximum atomic E-state index is 9.34. The van der Waals surface area contributed by atoms with Gasteiger partial charge in [0, 0.05) is 13.7 Å². The van der Waals surface area contributed by atoms with E-state index >= 15 is 0 Å². The Bertz CT molecular complexity index is 104. The number of rotatable bonds is 2. The van der Waals surface area contributed by atoms with Gasteiger partial charge in [-0.2, -0.15) is 0 Å². The van der Waals surface area contributed by atoms with E-state index in [1.807, 2.05) is 6.92 Å². The number of carbonyl (C=O) groups is 1. The molecule has 0 spiro atoms. The minimum absolute atomic E-state index is 0. The zero-order chi connectivity index (χ0) is 8.41. The van der Waals surface area contributed by atoms with Crippen molar-refractivity contribution in [2.75, 3.05) is 13.7 Å². The monoisotopic (exact) mass is 204 g/mol. The maximum absolute atomic E-state index is 9.34. The van der Waals surface area contributed by atoms with Crippen molar-refractivity contribution in [3.63, 3.8) is 0 Å². The summed E-state index contributed by atoms with van der Waals surface area (Å²) < 4.78 is 4.54. The smallest absolute Gasteiger partial charge is 0.877 e. The van der Waals surface area contributed by atoms with Gasteiger partial charge in [0.05, 0.1) is 5.03 Å². The van der Waals surface area contributed by atoms with E-state index in [9.17, 15) is 9.90 Å². The summed E-state index contributed by atoms with van der Waals surface area (Å²) in [6, 6.07) is 0. The van der Waals surface area contributed by atoms with Crippen molar-refractivity contribution in [1.29, 1.82) is 0 Å². The van der Waals surface area contributed by atoms with Crippen molar-refractivity contribution in [2.24, 2.45) is 0 Å². The third kappa shape index (κ3) is 24.7. The van der Waals surface area contributed by atoms with Crippen LogP contribution in [0.15, 0.2) is 11.3 Å². The summed E-state index contributed by atoms with van der Waals surface area (Å²) in [6.45, 7) is 2.78. The Morgan fingerprint density at radius 2 is 2.09 bits per heavy atom. The second-order valence-electron chi connectivity index (χ2n) is 1.20. The molecule has 0 radical (unpaired) electrons. The Hall–Kier alpha value is 1.10. The number of ether oxygens (including phenoxy) is 1. The average Bonchev–Trinajstić information content (AvgIpc) is 2.03. The molecule has 0 aromatic heterocycles. The van der Waals surface area contributed by atoms with Gasteiger partial charge < -0.3 is 9.84 Å². The molecule has 0 bridgehead atoms. The van der Waals surface area contributed by atoms with Gasteiger partial charge in [0.15, 0.2) is 6.29 Å². The predicted octanol–water partition coefficient (Wildman–Crippen LogP) is -2.72. The minimum atomic E-state index is -0.296. The normalized spacial score (nSPS) is 8.82. The van der Waals surface area contributed by atoms with Crippen molar-refractivity contribution in [3.8, 4) is 0 Å². The van der Waals surface area contributed by atoms with Crippen LogP contribution in [0.2, 0.25) is 0 Å². The van der Waals surface area contributed by atoms with Crippen molar-refractivity contribution >= 4 is 17.9 Å². The fourth-order valence-corrected chi connectivity index (χ4v) is 0.0278. The SMILES string of the molecule is CCOC.O=C/C(Cl)=C\[O-].[K+]. The molecule has 0 heterocycles. The maximum Gasteiger partial charge on any atom is 1.00 e. The first-order chi connectivity index (χ1) is 4.72. The molecule has 0 amide bonds. The molecule has 0 aliphatic carbocycles. The van der Waals surface area contributed by atoms with E-state index in [4.69, 9.17) is 11.6 Å². The molecule has 0 atom stereocenters. The summed E-state index contributed by atoms with van der Waals surface area (Å²) in [4.78, 5) is 9.34. The van der Waals surface area contributed by atoms with Gasteiger partial charge in [0.1, 0.15) is 0 Å². The van der Waals surface area contributed by atoms with E-state index < -0.39 is 0 Å². The molecule has 60 valence electrons. The van der Waals surface area contributed by atoms with Crippen LogP contribution in [0.25, 0.3) is 0 Å². The molecule has 0 aliphatic rings. The average molecular weight is 205 g/mol. The van der Waals surface area contributed by atoms with E-state index in [1.54, 1.807) is 7.11 Å². The number of aldehydes is 1. The third-order valence-electron chi connectivity index (χ3n) is 0.514. The Balaban J connectivity index is -0.000000114.